The van der Waals surface area contributed by atoms with E-state index in [1.54, 1.807) is 6.20 Å². The fourth-order valence-corrected chi connectivity index (χ4v) is 6.67. The Morgan fingerprint density at radius 2 is 1.79 bits per heavy atom. The Labute approximate surface area is 226 Å². The van der Waals surface area contributed by atoms with Crippen LogP contribution in [0, 0.1) is 19.8 Å². The van der Waals surface area contributed by atoms with Crippen molar-refractivity contribution in [2.45, 2.75) is 63.6 Å². The molecule has 5 atom stereocenters. The van der Waals surface area contributed by atoms with Crippen LogP contribution in [0.2, 0.25) is 0 Å². The smallest absolute Gasteiger partial charge is 0.390 e. The molecule has 204 valence electrons. The molecule has 4 aromatic rings. The summed E-state index contributed by atoms with van der Waals surface area (Å²) in [6.07, 6.45) is -2.06. The van der Waals surface area contributed by atoms with Crippen molar-refractivity contribution >= 4 is 33.3 Å². The van der Waals surface area contributed by atoms with Gasteiger partial charge in [0.05, 0.1) is 45.4 Å². The molecule has 2 aliphatic rings. The molecule has 0 saturated heterocycles. The van der Waals surface area contributed by atoms with Gasteiger partial charge in [-0.1, -0.05) is 12.1 Å². The predicted molar refractivity (Wildman–Crippen MR) is 142 cm³/mol. The first-order valence-corrected chi connectivity index (χ1v) is 13.5. The number of aliphatic hydroxyl groups is 2. The van der Waals surface area contributed by atoms with Gasteiger partial charge in [0.15, 0.2) is 0 Å². The number of aliphatic hydroxyl groups excluding tert-OH is 1. The Balaban J connectivity index is 1.36. The van der Waals surface area contributed by atoms with E-state index in [0.717, 1.165) is 28.0 Å². The molecule has 2 fully saturated rings. The van der Waals surface area contributed by atoms with Crippen LogP contribution >= 0.6 is 11.3 Å². The zero-order valence-corrected chi connectivity index (χ0v) is 22.2. The minimum Gasteiger partial charge on any atom is -0.390 e. The van der Waals surface area contributed by atoms with Gasteiger partial charge in [0.1, 0.15) is 21.9 Å². The van der Waals surface area contributed by atoms with E-state index in [4.69, 9.17) is 9.97 Å². The summed E-state index contributed by atoms with van der Waals surface area (Å²) in [6.45, 7) is 5.55. The van der Waals surface area contributed by atoms with Gasteiger partial charge < -0.3 is 20.8 Å². The summed E-state index contributed by atoms with van der Waals surface area (Å²) in [6, 6.07) is 6.09. The standard InChI is InChI=1S/C27H27F3N6O2S/c1-12(15-4-6-16(7-5-15)27(28,29)30)32-25-33-13(2)20(24-35-21-14(3)31-11-10-18(21)39-24)23(36-25)34-19-9-8-17-22(37)26(17,19)38/h4-7,10-12,17,19,22,37-38H,8-9H2,1-3H3,(H2,32,33,34,36). The zero-order chi connectivity index (χ0) is 27.7. The molecule has 3 aromatic heterocycles. The molecule has 3 heterocycles. The Morgan fingerprint density at radius 1 is 1.05 bits per heavy atom. The maximum absolute atomic E-state index is 13.0. The van der Waals surface area contributed by atoms with Gasteiger partial charge in [-0.15, -0.1) is 11.3 Å². The van der Waals surface area contributed by atoms with E-state index in [0.29, 0.717) is 40.5 Å². The number of benzene rings is 1. The second kappa shape index (κ2) is 9.10. The monoisotopic (exact) mass is 556 g/mol. The maximum atomic E-state index is 13.0. The molecule has 6 rings (SSSR count). The van der Waals surface area contributed by atoms with Gasteiger partial charge in [0.2, 0.25) is 5.95 Å². The summed E-state index contributed by atoms with van der Waals surface area (Å²) in [7, 11) is 0. The van der Waals surface area contributed by atoms with Crippen LogP contribution < -0.4 is 10.6 Å². The minimum atomic E-state index is -4.40. The highest BCUT2D eigenvalue weighted by Gasteiger charge is 2.71. The quantitative estimate of drug-likeness (QED) is 0.254. The maximum Gasteiger partial charge on any atom is 0.416 e. The number of alkyl halides is 3. The summed E-state index contributed by atoms with van der Waals surface area (Å²) < 4.78 is 39.9. The molecule has 0 bridgehead atoms. The number of thiazole rings is 1. The van der Waals surface area contributed by atoms with Gasteiger partial charge in [0.25, 0.3) is 0 Å². The molecular formula is C27H27F3N6O2S. The first kappa shape index (κ1) is 25.9. The van der Waals surface area contributed by atoms with Gasteiger partial charge in [-0.25, -0.2) is 9.97 Å². The average Bonchev–Trinajstić information content (AvgIpc) is 3.18. The molecule has 2 saturated carbocycles. The van der Waals surface area contributed by atoms with Crippen molar-refractivity contribution in [1.29, 1.82) is 0 Å². The third kappa shape index (κ3) is 4.40. The van der Waals surface area contributed by atoms with Crippen molar-refractivity contribution in [3.8, 4) is 10.6 Å². The molecule has 0 amide bonds. The lowest BCUT2D eigenvalue weighted by Crippen LogP contribution is -2.37. The van der Waals surface area contributed by atoms with E-state index in [2.05, 4.69) is 20.6 Å². The molecule has 5 unspecified atom stereocenters. The van der Waals surface area contributed by atoms with E-state index in [9.17, 15) is 23.4 Å². The van der Waals surface area contributed by atoms with Gasteiger partial charge in [-0.2, -0.15) is 18.2 Å². The summed E-state index contributed by atoms with van der Waals surface area (Å²) >= 11 is 1.49. The van der Waals surface area contributed by atoms with Crippen LogP contribution in [-0.2, 0) is 6.18 Å². The summed E-state index contributed by atoms with van der Waals surface area (Å²) in [4.78, 5) is 18.6. The van der Waals surface area contributed by atoms with Crippen LogP contribution in [0.5, 0.6) is 0 Å². The zero-order valence-electron chi connectivity index (χ0n) is 21.4. The van der Waals surface area contributed by atoms with Crippen LogP contribution in [0.3, 0.4) is 0 Å². The first-order chi connectivity index (χ1) is 18.5. The normalized spacial score (nSPS) is 25.0. The molecule has 4 N–H and O–H groups in total. The van der Waals surface area contributed by atoms with Crippen LogP contribution in [-0.4, -0.2) is 47.9 Å². The van der Waals surface area contributed by atoms with E-state index < -0.39 is 29.5 Å². The van der Waals surface area contributed by atoms with Crippen molar-refractivity contribution in [2.24, 2.45) is 5.92 Å². The molecule has 1 aromatic carbocycles. The van der Waals surface area contributed by atoms with E-state index in [-0.39, 0.29) is 17.9 Å². The average molecular weight is 557 g/mol. The largest absolute Gasteiger partial charge is 0.416 e. The predicted octanol–water partition coefficient (Wildman–Crippen LogP) is 5.25. The van der Waals surface area contributed by atoms with Crippen molar-refractivity contribution in [3.05, 3.63) is 59.0 Å². The van der Waals surface area contributed by atoms with E-state index >= 15 is 0 Å². The lowest BCUT2D eigenvalue weighted by molar-refractivity contribution is -0.137. The molecule has 39 heavy (non-hydrogen) atoms. The number of nitrogens with zero attached hydrogens (tertiary/aromatic N) is 4. The summed E-state index contributed by atoms with van der Waals surface area (Å²) in [5.74, 6) is 0.588. The highest BCUT2D eigenvalue weighted by molar-refractivity contribution is 7.21. The SMILES string of the molecule is Cc1nc(NC(C)c2ccc(C(F)(F)F)cc2)nc(NC2CCC3C(O)C23O)c1-c1nc2c(C)nccc2s1. The molecule has 0 spiro atoms. The second-order valence-electron chi connectivity index (χ2n) is 10.3. The molecule has 0 radical (unpaired) electrons. The Hall–Kier alpha value is -3.35. The topological polar surface area (TPSA) is 116 Å². The minimum absolute atomic E-state index is 0.158. The third-order valence-electron chi connectivity index (χ3n) is 7.85. The fourth-order valence-electron chi connectivity index (χ4n) is 5.55. The second-order valence-corrected chi connectivity index (χ2v) is 11.3. The Kier molecular flexibility index (Phi) is 6.05. The van der Waals surface area contributed by atoms with Crippen LogP contribution in [0.15, 0.2) is 36.5 Å². The number of hydrogen-bond donors (Lipinski definition) is 4. The van der Waals surface area contributed by atoms with Crippen molar-refractivity contribution < 1.29 is 23.4 Å². The summed E-state index contributed by atoms with van der Waals surface area (Å²) in [5.41, 5.74) is 1.65. The highest BCUT2D eigenvalue weighted by Crippen LogP contribution is 2.56. The molecule has 2 aliphatic carbocycles. The number of aryl methyl sites for hydroxylation is 2. The van der Waals surface area contributed by atoms with E-state index in [1.807, 2.05) is 26.8 Å². The van der Waals surface area contributed by atoms with Crippen molar-refractivity contribution in [1.82, 2.24) is 19.9 Å². The number of aromatic nitrogens is 4. The van der Waals surface area contributed by atoms with Crippen LogP contribution in [0.25, 0.3) is 20.8 Å². The van der Waals surface area contributed by atoms with E-state index in [1.165, 1.54) is 23.5 Å². The molecule has 0 aliphatic heterocycles. The Bertz CT molecular complexity index is 1560. The third-order valence-corrected chi connectivity index (χ3v) is 8.89. The number of hydrogen-bond acceptors (Lipinski definition) is 9. The molecular weight excluding hydrogens is 529 g/mol. The number of pyridine rings is 1. The summed E-state index contributed by atoms with van der Waals surface area (Å²) in [5, 5.41) is 28.5. The Morgan fingerprint density at radius 3 is 2.44 bits per heavy atom. The number of fused-ring (bicyclic) bond motifs is 2. The lowest BCUT2D eigenvalue weighted by atomic mass is 10.1. The number of rotatable bonds is 6. The fraction of sp³-hybridized carbons (Fsp3) is 0.407. The first-order valence-electron chi connectivity index (χ1n) is 12.7. The number of anilines is 2. The lowest BCUT2D eigenvalue weighted by Gasteiger charge is -2.24. The van der Waals surface area contributed by atoms with Crippen LogP contribution in [0.4, 0.5) is 24.9 Å². The van der Waals surface area contributed by atoms with Gasteiger partial charge in [-0.05, 0) is 57.4 Å². The van der Waals surface area contributed by atoms with Gasteiger partial charge in [0, 0.05) is 12.1 Å². The molecule has 8 nitrogen and oxygen atoms in total. The van der Waals surface area contributed by atoms with Crippen molar-refractivity contribution in [2.75, 3.05) is 10.6 Å². The van der Waals surface area contributed by atoms with Gasteiger partial charge >= 0.3 is 6.18 Å². The highest BCUT2D eigenvalue weighted by atomic mass is 32.1. The van der Waals surface area contributed by atoms with Crippen molar-refractivity contribution in [3.63, 3.8) is 0 Å². The van der Waals surface area contributed by atoms with Gasteiger partial charge in [-0.3, -0.25) is 4.98 Å². The molecule has 12 heteroatoms. The van der Waals surface area contributed by atoms with Crippen LogP contribution in [0.1, 0.15) is 48.3 Å². The number of nitrogens with one attached hydrogen (secondary N) is 2. The number of halogens is 3.